The van der Waals surface area contributed by atoms with Crippen LogP contribution in [-0.4, -0.2) is 29.0 Å². The molecule has 0 radical (unpaired) electrons. The summed E-state index contributed by atoms with van der Waals surface area (Å²) >= 11 is 0. The van der Waals surface area contributed by atoms with E-state index < -0.39 is 0 Å². The smallest absolute Gasteiger partial charge is 0.0651 e. The average molecular weight is 179 g/mol. The van der Waals surface area contributed by atoms with E-state index in [1.807, 2.05) is 12.3 Å². The number of likely N-dealkylation sites (N-methyl/N-ethyl adjacent to an activating group) is 1. The third-order valence-electron chi connectivity index (χ3n) is 2.90. The van der Waals surface area contributed by atoms with Gasteiger partial charge in [0.2, 0.25) is 0 Å². The standard InChI is InChI=1S/C10H17N3/c1-2-13-7-5-8(11)10(13)9-4-3-6-12-9/h3-4,6,8,10,12H,2,5,7,11H2,1H3. The summed E-state index contributed by atoms with van der Waals surface area (Å²) in [6.45, 7) is 4.40. The molecule has 1 saturated heterocycles. The fourth-order valence-electron chi connectivity index (χ4n) is 2.19. The maximum Gasteiger partial charge on any atom is 0.0651 e. The molecule has 3 N–H and O–H groups in total. The van der Waals surface area contributed by atoms with E-state index >= 15 is 0 Å². The summed E-state index contributed by atoms with van der Waals surface area (Å²) in [6.07, 6.45) is 3.08. The van der Waals surface area contributed by atoms with Crippen molar-refractivity contribution in [1.82, 2.24) is 9.88 Å². The SMILES string of the molecule is CCN1CCC(N)C1c1ccc[nH]1. The van der Waals surface area contributed by atoms with Crippen molar-refractivity contribution < 1.29 is 0 Å². The van der Waals surface area contributed by atoms with Crippen LogP contribution < -0.4 is 5.73 Å². The zero-order valence-electron chi connectivity index (χ0n) is 8.03. The van der Waals surface area contributed by atoms with E-state index in [0.717, 1.165) is 19.5 Å². The number of aromatic nitrogens is 1. The van der Waals surface area contributed by atoms with Gasteiger partial charge in [-0.2, -0.15) is 0 Å². The van der Waals surface area contributed by atoms with Crippen LogP contribution in [0.2, 0.25) is 0 Å². The highest BCUT2D eigenvalue weighted by Gasteiger charge is 2.32. The van der Waals surface area contributed by atoms with Gasteiger partial charge in [0.1, 0.15) is 0 Å². The van der Waals surface area contributed by atoms with Crippen molar-refractivity contribution in [3.05, 3.63) is 24.0 Å². The van der Waals surface area contributed by atoms with E-state index in [1.54, 1.807) is 0 Å². The highest BCUT2D eigenvalue weighted by molar-refractivity contribution is 5.14. The van der Waals surface area contributed by atoms with Gasteiger partial charge in [0.15, 0.2) is 0 Å². The van der Waals surface area contributed by atoms with Crippen LogP contribution in [0.15, 0.2) is 18.3 Å². The van der Waals surface area contributed by atoms with Crippen molar-refractivity contribution >= 4 is 0 Å². The Balaban J connectivity index is 2.20. The van der Waals surface area contributed by atoms with Gasteiger partial charge in [0.25, 0.3) is 0 Å². The van der Waals surface area contributed by atoms with Crippen LogP contribution in [0.5, 0.6) is 0 Å². The van der Waals surface area contributed by atoms with Crippen molar-refractivity contribution in [3.8, 4) is 0 Å². The number of aromatic amines is 1. The molecule has 1 aromatic heterocycles. The van der Waals surface area contributed by atoms with Crippen molar-refractivity contribution in [2.24, 2.45) is 5.73 Å². The Kier molecular flexibility index (Phi) is 2.38. The van der Waals surface area contributed by atoms with Gasteiger partial charge < -0.3 is 10.7 Å². The summed E-state index contributed by atoms with van der Waals surface area (Å²) < 4.78 is 0. The van der Waals surface area contributed by atoms with E-state index in [4.69, 9.17) is 5.73 Å². The maximum atomic E-state index is 6.07. The molecule has 2 unspecified atom stereocenters. The van der Waals surface area contributed by atoms with Gasteiger partial charge in [-0.1, -0.05) is 6.92 Å². The highest BCUT2D eigenvalue weighted by Crippen LogP contribution is 2.29. The molecule has 0 amide bonds. The third kappa shape index (κ3) is 1.49. The Morgan fingerprint density at radius 1 is 1.69 bits per heavy atom. The molecule has 1 aromatic rings. The number of H-pyrrole nitrogens is 1. The Hall–Kier alpha value is -0.800. The zero-order valence-corrected chi connectivity index (χ0v) is 8.03. The monoisotopic (exact) mass is 179 g/mol. The van der Waals surface area contributed by atoms with Gasteiger partial charge in [-0.05, 0) is 25.1 Å². The van der Waals surface area contributed by atoms with Crippen LogP contribution in [0.1, 0.15) is 25.1 Å². The Bertz CT molecular complexity index is 255. The molecular weight excluding hydrogens is 162 g/mol. The summed E-state index contributed by atoms with van der Waals surface area (Å²) in [5, 5.41) is 0. The molecule has 13 heavy (non-hydrogen) atoms. The molecule has 0 aliphatic carbocycles. The Morgan fingerprint density at radius 3 is 3.15 bits per heavy atom. The van der Waals surface area contributed by atoms with Crippen molar-refractivity contribution in [2.45, 2.75) is 25.4 Å². The predicted octanol–water partition coefficient (Wildman–Crippen LogP) is 1.11. The second kappa shape index (κ2) is 3.52. The molecule has 72 valence electrons. The lowest BCUT2D eigenvalue weighted by Gasteiger charge is -2.24. The molecule has 2 heterocycles. The number of rotatable bonds is 2. The van der Waals surface area contributed by atoms with Gasteiger partial charge in [0.05, 0.1) is 6.04 Å². The van der Waals surface area contributed by atoms with Gasteiger partial charge >= 0.3 is 0 Å². The van der Waals surface area contributed by atoms with Crippen molar-refractivity contribution in [1.29, 1.82) is 0 Å². The minimum Gasteiger partial charge on any atom is -0.364 e. The summed E-state index contributed by atoms with van der Waals surface area (Å²) in [4.78, 5) is 5.68. The van der Waals surface area contributed by atoms with E-state index in [-0.39, 0.29) is 0 Å². The molecule has 3 heteroatoms. The first kappa shape index (κ1) is 8.78. The van der Waals surface area contributed by atoms with Crippen LogP contribution in [0.3, 0.4) is 0 Å². The number of nitrogens with zero attached hydrogens (tertiary/aromatic N) is 1. The summed E-state index contributed by atoms with van der Waals surface area (Å²) in [5.74, 6) is 0. The van der Waals surface area contributed by atoms with Gasteiger partial charge in [-0.3, -0.25) is 4.90 Å². The summed E-state index contributed by atoms with van der Waals surface area (Å²) in [7, 11) is 0. The normalized spacial score (nSPS) is 29.7. The van der Waals surface area contributed by atoms with Crippen molar-refractivity contribution in [3.63, 3.8) is 0 Å². The molecule has 1 aliphatic rings. The summed E-state index contributed by atoms with van der Waals surface area (Å²) in [5.41, 5.74) is 7.33. The summed E-state index contributed by atoms with van der Waals surface area (Å²) in [6, 6.07) is 4.85. The first-order valence-corrected chi connectivity index (χ1v) is 4.96. The fourth-order valence-corrected chi connectivity index (χ4v) is 2.19. The molecule has 0 spiro atoms. The molecule has 2 rings (SSSR count). The first-order chi connectivity index (χ1) is 6.33. The van der Waals surface area contributed by atoms with Crippen molar-refractivity contribution in [2.75, 3.05) is 13.1 Å². The third-order valence-corrected chi connectivity index (χ3v) is 2.90. The topological polar surface area (TPSA) is 45.0 Å². The molecule has 2 atom stereocenters. The molecule has 3 nitrogen and oxygen atoms in total. The van der Waals surface area contributed by atoms with Gasteiger partial charge in [-0.25, -0.2) is 0 Å². The Labute approximate surface area is 78.9 Å². The lowest BCUT2D eigenvalue weighted by atomic mass is 10.1. The minimum atomic E-state index is 0.290. The van der Waals surface area contributed by atoms with Crippen LogP contribution in [-0.2, 0) is 0 Å². The van der Waals surface area contributed by atoms with Crippen LogP contribution in [0, 0.1) is 0 Å². The molecule has 0 saturated carbocycles. The quantitative estimate of drug-likeness (QED) is 0.714. The van der Waals surface area contributed by atoms with Crippen LogP contribution in [0.25, 0.3) is 0 Å². The van der Waals surface area contributed by atoms with Gasteiger partial charge in [-0.15, -0.1) is 0 Å². The lowest BCUT2D eigenvalue weighted by Crippen LogP contribution is -2.31. The van der Waals surface area contributed by atoms with E-state index in [1.165, 1.54) is 5.69 Å². The molecular formula is C10H17N3. The Morgan fingerprint density at radius 2 is 2.54 bits per heavy atom. The second-order valence-electron chi connectivity index (χ2n) is 3.65. The van der Waals surface area contributed by atoms with Crippen LogP contribution in [0.4, 0.5) is 0 Å². The molecule has 0 aromatic carbocycles. The molecule has 1 fully saturated rings. The maximum absolute atomic E-state index is 6.07. The fraction of sp³-hybridized carbons (Fsp3) is 0.600. The lowest BCUT2D eigenvalue weighted by molar-refractivity contribution is 0.257. The first-order valence-electron chi connectivity index (χ1n) is 4.96. The number of hydrogen-bond acceptors (Lipinski definition) is 2. The highest BCUT2D eigenvalue weighted by atomic mass is 15.2. The van der Waals surface area contributed by atoms with Gasteiger partial charge in [0, 0.05) is 24.5 Å². The second-order valence-corrected chi connectivity index (χ2v) is 3.65. The number of hydrogen-bond donors (Lipinski definition) is 2. The number of likely N-dealkylation sites (tertiary alicyclic amines) is 1. The number of nitrogens with two attached hydrogens (primary N) is 1. The molecule has 0 bridgehead atoms. The zero-order chi connectivity index (χ0) is 9.26. The van der Waals surface area contributed by atoms with E-state index in [2.05, 4.69) is 22.9 Å². The predicted molar refractivity (Wildman–Crippen MR) is 53.4 cm³/mol. The molecule has 1 aliphatic heterocycles. The van der Waals surface area contributed by atoms with E-state index in [9.17, 15) is 0 Å². The number of nitrogens with one attached hydrogen (secondary N) is 1. The largest absolute Gasteiger partial charge is 0.364 e. The van der Waals surface area contributed by atoms with Crippen LogP contribution >= 0.6 is 0 Å². The van der Waals surface area contributed by atoms with E-state index in [0.29, 0.717) is 12.1 Å². The average Bonchev–Trinajstić information content (AvgIpc) is 2.72. The minimum absolute atomic E-state index is 0.290.